The number of aliphatic hydroxyl groups excluding tert-OH is 5. The molecule has 1 rings (SSSR count). The molecule has 0 aromatic heterocycles. The van der Waals surface area contributed by atoms with Crippen LogP contribution < -0.4 is 5.32 Å². The minimum absolute atomic E-state index is 0.255. The third-order valence-electron chi connectivity index (χ3n) is 10.9. The zero-order valence-corrected chi connectivity index (χ0v) is 36.8. The van der Waals surface area contributed by atoms with E-state index in [0.29, 0.717) is 19.3 Å². The molecule has 0 aromatic carbocycles. The maximum absolute atomic E-state index is 12.9. The van der Waals surface area contributed by atoms with Crippen LogP contribution in [0, 0.1) is 0 Å². The Morgan fingerprint density at radius 3 is 1.66 bits per heavy atom. The lowest BCUT2D eigenvalue weighted by Gasteiger charge is -2.41. The second-order valence-corrected chi connectivity index (χ2v) is 17.2. The van der Waals surface area contributed by atoms with E-state index in [9.17, 15) is 38.7 Å². The molecule has 1 aliphatic heterocycles. The number of aliphatic hydroxyl groups is 5. The zero-order valence-electron chi connectivity index (χ0n) is 36.0. The molecule has 0 bridgehead atoms. The number of amides is 1. The van der Waals surface area contributed by atoms with Gasteiger partial charge in [-0.1, -0.05) is 167 Å². The number of hydrogen-bond acceptors (Lipinski definition) is 11. The molecule has 1 fully saturated rings. The van der Waals surface area contributed by atoms with Crippen LogP contribution in [0.5, 0.6) is 0 Å². The maximum Gasteiger partial charge on any atom is 0.397 e. The summed E-state index contributed by atoms with van der Waals surface area (Å²) in [5.74, 6) is -0.684. The first-order valence-corrected chi connectivity index (χ1v) is 24.2. The Kier molecular flexibility index (Phi) is 33.1. The summed E-state index contributed by atoms with van der Waals surface area (Å²) >= 11 is 0. The summed E-state index contributed by atoms with van der Waals surface area (Å²) < 4.78 is 47.1. The molecule has 13 nitrogen and oxygen atoms in total. The smallest absolute Gasteiger partial charge is 0.394 e. The molecule has 0 aromatic rings. The predicted octanol–water partition coefficient (Wildman–Crippen LogP) is 7.52. The van der Waals surface area contributed by atoms with Gasteiger partial charge in [-0.15, -0.1) is 0 Å². The molecule has 7 N–H and O–H groups in total. The van der Waals surface area contributed by atoms with Crippen molar-refractivity contribution in [3.63, 3.8) is 0 Å². The first kappa shape index (κ1) is 54.6. The Labute approximate surface area is 351 Å². The number of unbranched alkanes of at least 4 members (excludes halogenated alkanes) is 21. The Morgan fingerprint density at radius 1 is 0.690 bits per heavy atom. The minimum atomic E-state index is -5.10. The fourth-order valence-electron chi connectivity index (χ4n) is 7.20. The number of allylic oxidation sites excluding steroid dienone is 4. The molecule has 8 atom stereocenters. The molecule has 58 heavy (non-hydrogen) atoms. The van der Waals surface area contributed by atoms with Gasteiger partial charge in [0, 0.05) is 0 Å². The Bertz CT molecular complexity index is 1160. The highest BCUT2D eigenvalue weighted by Gasteiger charge is 2.48. The number of carbonyl (C=O) groups is 1. The summed E-state index contributed by atoms with van der Waals surface area (Å²) in [5, 5.41) is 54.5. The first-order chi connectivity index (χ1) is 27.9. The van der Waals surface area contributed by atoms with E-state index in [1.54, 1.807) is 0 Å². The number of rotatable bonds is 38. The predicted molar refractivity (Wildman–Crippen MR) is 228 cm³/mol. The van der Waals surface area contributed by atoms with E-state index in [1.165, 1.54) is 103 Å². The van der Waals surface area contributed by atoms with E-state index in [0.717, 1.165) is 44.9 Å². The molecule has 1 amide bonds. The molecular formula is C44H83NO12S. The van der Waals surface area contributed by atoms with Crippen LogP contribution in [0.3, 0.4) is 0 Å². The van der Waals surface area contributed by atoms with Crippen molar-refractivity contribution in [3.8, 4) is 0 Å². The number of hydrogen-bond donors (Lipinski definition) is 7. The Hall–Kier alpha value is -1.46. The summed E-state index contributed by atoms with van der Waals surface area (Å²) in [4.78, 5) is 12.9. The normalized spacial score (nSPS) is 21.8. The Balaban J connectivity index is 2.23. The van der Waals surface area contributed by atoms with Crippen molar-refractivity contribution < 1.29 is 57.0 Å². The van der Waals surface area contributed by atoms with Crippen molar-refractivity contribution in [1.82, 2.24) is 5.32 Å². The Morgan fingerprint density at radius 2 is 1.16 bits per heavy atom. The van der Waals surface area contributed by atoms with Crippen LogP contribution in [0.4, 0.5) is 0 Å². The van der Waals surface area contributed by atoms with Gasteiger partial charge in [0.25, 0.3) is 0 Å². The summed E-state index contributed by atoms with van der Waals surface area (Å²) in [6, 6.07) is -1.03. The second-order valence-electron chi connectivity index (χ2n) is 16.1. The van der Waals surface area contributed by atoms with Gasteiger partial charge in [0.2, 0.25) is 5.91 Å². The third-order valence-corrected chi connectivity index (χ3v) is 11.3. The summed E-state index contributed by atoms with van der Waals surface area (Å²) in [6.07, 6.45) is 28.0. The lowest BCUT2D eigenvalue weighted by molar-refractivity contribution is -0.298. The van der Waals surface area contributed by atoms with Gasteiger partial charge in [0.15, 0.2) is 6.29 Å². The number of ether oxygens (including phenoxy) is 2. The molecule has 1 saturated heterocycles. The van der Waals surface area contributed by atoms with Crippen LogP contribution in [0.25, 0.3) is 0 Å². The highest BCUT2D eigenvalue weighted by atomic mass is 32.3. The molecular weight excluding hydrogens is 767 g/mol. The van der Waals surface area contributed by atoms with Gasteiger partial charge < -0.3 is 40.3 Å². The van der Waals surface area contributed by atoms with Gasteiger partial charge in [0.05, 0.1) is 25.4 Å². The van der Waals surface area contributed by atoms with Crippen molar-refractivity contribution in [2.45, 2.75) is 236 Å². The van der Waals surface area contributed by atoms with E-state index >= 15 is 0 Å². The molecule has 342 valence electrons. The molecule has 1 aliphatic rings. The summed E-state index contributed by atoms with van der Waals surface area (Å²) in [6.45, 7) is 3.06. The van der Waals surface area contributed by atoms with E-state index in [-0.39, 0.29) is 6.42 Å². The average Bonchev–Trinajstić information content (AvgIpc) is 3.19. The van der Waals surface area contributed by atoms with Crippen molar-refractivity contribution in [2.75, 3.05) is 13.2 Å². The van der Waals surface area contributed by atoms with Gasteiger partial charge in [-0.3, -0.25) is 9.35 Å². The molecule has 0 radical (unpaired) electrons. The maximum atomic E-state index is 12.9. The SMILES string of the molecule is CCCCCCCCCCC/C=C\C/C=C\CCCCCCCCCCCCC(O)C(=O)NC(COC1OC(CO)C(O)C(OS(=O)(=O)O)C1O)C(O)CCCCC. The fraction of sp³-hybridized carbons (Fsp3) is 0.886. The third kappa shape index (κ3) is 27.4. The number of carbonyl (C=O) groups excluding carboxylic acids is 1. The van der Waals surface area contributed by atoms with Crippen LogP contribution in [0.1, 0.15) is 187 Å². The van der Waals surface area contributed by atoms with Crippen LogP contribution in [0.2, 0.25) is 0 Å². The van der Waals surface area contributed by atoms with Crippen LogP contribution in [0.15, 0.2) is 24.3 Å². The van der Waals surface area contributed by atoms with Crippen LogP contribution in [-0.4, -0.2) is 107 Å². The zero-order chi connectivity index (χ0) is 42.9. The number of nitrogens with one attached hydrogen (secondary N) is 1. The van der Waals surface area contributed by atoms with E-state index in [4.69, 9.17) is 14.0 Å². The van der Waals surface area contributed by atoms with E-state index < -0.39 is 78.5 Å². The van der Waals surface area contributed by atoms with Crippen molar-refractivity contribution in [3.05, 3.63) is 24.3 Å². The first-order valence-electron chi connectivity index (χ1n) is 22.8. The average molecular weight is 850 g/mol. The van der Waals surface area contributed by atoms with Crippen molar-refractivity contribution >= 4 is 16.3 Å². The monoisotopic (exact) mass is 850 g/mol. The minimum Gasteiger partial charge on any atom is -0.394 e. The molecule has 14 heteroatoms. The van der Waals surface area contributed by atoms with Gasteiger partial charge in [-0.2, -0.15) is 8.42 Å². The fourth-order valence-corrected chi connectivity index (χ4v) is 7.71. The van der Waals surface area contributed by atoms with Gasteiger partial charge >= 0.3 is 10.4 Å². The second kappa shape index (κ2) is 35.2. The van der Waals surface area contributed by atoms with E-state index in [2.05, 4.69) is 40.7 Å². The molecule has 8 unspecified atom stereocenters. The standard InChI is InChI=1S/C44H83NO12S/c1-3-5-7-8-9-10-11-12-13-14-15-16-17-18-19-20-21-22-23-24-25-26-27-28-29-31-33-38(48)43(51)45-36(37(47)32-30-6-4-2)35-55-44-41(50)42(57-58(52,53)54)40(49)39(34-46)56-44/h15-16,18-19,36-42,44,46-50H,3-14,17,20-35H2,1-2H3,(H,45,51)(H,52,53,54)/b16-15-,19-18-. The van der Waals surface area contributed by atoms with Gasteiger partial charge in [-0.25, -0.2) is 4.18 Å². The molecule has 0 spiro atoms. The van der Waals surface area contributed by atoms with Crippen LogP contribution in [-0.2, 0) is 28.9 Å². The summed E-state index contributed by atoms with van der Waals surface area (Å²) in [7, 11) is -5.10. The topological polar surface area (TPSA) is 212 Å². The van der Waals surface area contributed by atoms with Crippen LogP contribution >= 0.6 is 0 Å². The highest BCUT2D eigenvalue weighted by molar-refractivity contribution is 7.80. The van der Waals surface area contributed by atoms with E-state index in [1.807, 2.05) is 6.92 Å². The quantitative estimate of drug-likeness (QED) is 0.0183. The summed E-state index contributed by atoms with van der Waals surface area (Å²) in [5.41, 5.74) is 0. The molecule has 1 heterocycles. The lowest BCUT2D eigenvalue weighted by atomic mass is 9.99. The van der Waals surface area contributed by atoms with Crippen molar-refractivity contribution in [1.29, 1.82) is 0 Å². The van der Waals surface area contributed by atoms with Gasteiger partial charge in [0.1, 0.15) is 30.5 Å². The molecule has 0 aliphatic carbocycles. The molecule has 0 saturated carbocycles. The van der Waals surface area contributed by atoms with Gasteiger partial charge in [-0.05, 0) is 44.9 Å². The van der Waals surface area contributed by atoms with Crippen molar-refractivity contribution in [2.24, 2.45) is 0 Å². The largest absolute Gasteiger partial charge is 0.397 e. The highest BCUT2D eigenvalue weighted by Crippen LogP contribution is 2.26. The lowest BCUT2D eigenvalue weighted by Crippen LogP contribution is -2.61.